The summed E-state index contributed by atoms with van der Waals surface area (Å²) < 4.78 is 1.75. The Morgan fingerprint density at radius 1 is 1.22 bits per heavy atom. The molecular weight excluding hydrogens is 338 g/mol. The van der Waals surface area contributed by atoms with E-state index >= 15 is 0 Å². The Balaban J connectivity index is 1.61. The number of hydrogen-bond acceptors (Lipinski definition) is 4. The fraction of sp³-hybridized carbons (Fsp3) is 0.286. The summed E-state index contributed by atoms with van der Waals surface area (Å²) in [6.45, 7) is 2.70. The summed E-state index contributed by atoms with van der Waals surface area (Å²) in [6.07, 6.45) is 7.55. The summed E-state index contributed by atoms with van der Waals surface area (Å²) >= 11 is 0. The number of aromatic nitrogens is 3. The lowest BCUT2D eigenvalue weighted by molar-refractivity contribution is 0.0945. The highest BCUT2D eigenvalue weighted by Gasteiger charge is 2.20. The molecule has 1 atom stereocenters. The Kier molecular flexibility index (Phi) is 5.25. The summed E-state index contributed by atoms with van der Waals surface area (Å²) in [5, 5.41) is 11.1. The average Bonchev–Trinajstić information content (AvgIpc) is 3.20. The van der Waals surface area contributed by atoms with Gasteiger partial charge in [0.1, 0.15) is 5.69 Å². The number of pyridine rings is 1. The van der Waals surface area contributed by atoms with E-state index in [1.165, 1.54) is 0 Å². The maximum Gasteiger partial charge on any atom is 0.255 e. The Labute approximate surface area is 158 Å². The predicted octanol–water partition coefficient (Wildman–Crippen LogP) is 2.66. The minimum absolute atomic E-state index is 0.0957. The molecule has 1 aliphatic rings. The Morgan fingerprint density at radius 3 is 2.85 bits per heavy atom. The topological polar surface area (TPSA) is 71.8 Å². The van der Waals surface area contributed by atoms with Gasteiger partial charge >= 0.3 is 0 Å². The Hall–Kier alpha value is -2.99. The first-order chi connectivity index (χ1) is 13.3. The van der Waals surface area contributed by atoms with Crippen molar-refractivity contribution >= 4 is 5.91 Å². The van der Waals surface area contributed by atoms with Crippen LogP contribution in [-0.4, -0.2) is 40.3 Å². The quantitative estimate of drug-likeness (QED) is 0.733. The predicted molar refractivity (Wildman–Crippen MR) is 105 cm³/mol. The molecule has 2 N–H and O–H groups in total. The number of para-hydroxylation sites is 1. The van der Waals surface area contributed by atoms with Gasteiger partial charge in [-0.1, -0.05) is 18.2 Å². The van der Waals surface area contributed by atoms with Gasteiger partial charge in [-0.05, 0) is 56.1 Å². The number of carbonyl (C=O) groups is 1. The molecule has 1 unspecified atom stereocenters. The minimum atomic E-state index is -0.0957. The van der Waals surface area contributed by atoms with E-state index in [0.717, 1.165) is 37.2 Å². The van der Waals surface area contributed by atoms with Crippen LogP contribution in [0.1, 0.15) is 23.2 Å². The number of piperidine rings is 1. The van der Waals surface area contributed by atoms with Crippen molar-refractivity contribution in [3.05, 3.63) is 66.6 Å². The second-order valence-corrected chi connectivity index (χ2v) is 6.84. The van der Waals surface area contributed by atoms with Crippen molar-refractivity contribution < 1.29 is 4.79 Å². The van der Waals surface area contributed by atoms with E-state index in [0.29, 0.717) is 23.7 Å². The number of nitrogens with one attached hydrogen (secondary N) is 2. The van der Waals surface area contributed by atoms with Crippen molar-refractivity contribution in [2.45, 2.75) is 12.8 Å². The Bertz CT molecular complexity index is 885. The molecule has 2 aromatic heterocycles. The molecule has 3 aromatic rings. The van der Waals surface area contributed by atoms with Gasteiger partial charge in [-0.25, -0.2) is 4.68 Å². The zero-order chi connectivity index (χ0) is 18.5. The van der Waals surface area contributed by atoms with Gasteiger partial charge in [-0.15, -0.1) is 0 Å². The summed E-state index contributed by atoms with van der Waals surface area (Å²) in [6, 6.07) is 13.6. The average molecular weight is 361 g/mol. The molecule has 1 saturated heterocycles. The molecule has 0 saturated carbocycles. The molecule has 0 bridgehead atoms. The zero-order valence-electron chi connectivity index (χ0n) is 15.1. The molecule has 6 heteroatoms. The number of amides is 1. The number of nitrogens with zero attached hydrogens (tertiary/aromatic N) is 3. The number of benzene rings is 1. The van der Waals surface area contributed by atoms with E-state index in [1.807, 2.05) is 42.5 Å². The lowest BCUT2D eigenvalue weighted by Gasteiger charge is -2.22. The fourth-order valence-electron chi connectivity index (χ4n) is 3.40. The molecule has 1 fully saturated rings. The second-order valence-electron chi connectivity index (χ2n) is 6.84. The highest BCUT2D eigenvalue weighted by molar-refractivity contribution is 5.99. The maximum atomic E-state index is 12.9. The molecule has 0 spiro atoms. The zero-order valence-corrected chi connectivity index (χ0v) is 15.1. The van der Waals surface area contributed by atoms with Crippen molar-refractivity contribution in [3.8, 4) is 16.9 Å². The molecule has 3 heterocycles. The van der Waals surface area contributed by atoms with E-state index in [2.05, 4.69) is 20.7 Å². The minimum Gasteiger partial charge on any atom is -0.352 e. The molecule has 6 nitrogen and oxygen atoms in total. The van der Waals surface area contributed by atoms with E-state index in [4.69, 9.17) is 0 Å². The lowest BCUT2D eigenvalue weighted by atomic mass is 9.99. The van der Waals surface area contributed by atoms with Crippen LogP contribution in [0, 0.1) is 5.92 Å². The van der Waals surface area contributed by atoms with E-state index in [9.17, 15) is 4.79 Å². The highest BCUT2D eigenvalue weighted by atomic mass is 16.1. The van der Waals surface area contributed by atoms with Crippen LogP contribution in [0.25, 0.3) is 16.9 Å². The van der Waals surface area contributed by atoms with Gasteiger partial charge in [-0.2, -0.15) is 5.10 Å². The van der Waals surface area contributed by atoms with Gasteiger partial charge in [0.15, 0.2) is 0 Å². The summed E-state index contributed by atoms with van der Waals surface area (Å²) in [7, 11) is 0. The maximum absolute atomic E-state index is 12.9. The molecule has 1 aliphatic heterocycles. The van der Waals surface area contributed by atoms with Crippen LogP contribution in [-0.2, 0) is 0 Å². The first kappa shape index (κ1) is 17.4. The molecule has 138 valence electrons. The molecule has 0 radical (unpaired) electrons. The van der Waals surface area contributed by atoms with Gasteiger partial charge in [0.25, 0.3) is 5.91 Å². The van der Waals surface area contributed by atoms with Gasteiger partial charge in [0.2, 0.25) is 0 Å². The van der Waals surface area contributed by atoms with Crippen LogP contribution in [0.4, 0.5) is 0 Å². The molecule has 4 rings (SSSR count). The molecule has 1 aromatic carbocycles. The smallest absolute Gasteiger partial charge is 0.255 e. The third-order valence-electron chi connectivity index (χ3n) is 4.86. The van der Waals surface area contributed by atoms with Crippen LogP contribution in [0.15, 0.2) is 61.1 Å². The Morgan fingerprint density at radius 2 is 2.11 bits per heavy atom. The van der Waals surface area contributed by atoms with Crippen molar-refractivity contribution in [2.24, 2.45) is 5.92 Å². The lowest BCUT2D eigenvalue weighted by Crippen LogP contribution is -2.38. The van der Waals surface area contributed by atoms with Gasteiger partial charge in [0.05, 0.1) is 11.3 Å². The van der Waals surface area contributed by atoms with Crippen molar-refractivity contribution in [2.75, 3.05) is 19.6 Å². The fourth-order valence-corrected chi connectivity index (χ4v) is 3.40. The second kappa shape index (κ2) is 8.14. The van der Waals surface area contributed by atoms with Gasteiger partial charge < -0.3 is 10.6 Å². The normalized spacial score (nSPS) is 16.8. The molecule has 27 heavy (non-hydrogen) atoms. The van der Waals surface area contributed by atoms with Crippen LogP contribution in [0.2, 0.25) is 0 Å². The van der Waals surface area contributed by atoms with Crippen LogP contribution >= 0.6 is 0 Å². The SMILES string of the molecule is O=C(NCC1CCCNC1)c1cn(-c2ccccc2)nc1-c1cccnc1. The third kappa shape index (κ3) is 4.06. The van der Waals surface area contributed by atoms with Crippen molar-refractivity contribution in [1.82, 2.24) is 25.4 Å². The van der Waals surface area contributed by atoms with Crippen molar-refractivity contribution in [1.29, 1.82) is 0 Å². The van der Waals surface area contributed by atoms with Crippen LogP contribution < -0.4 is 10.6 Å². The van der Waals surface area contributed by atoms with Crippen molar-refractivity contribution in [3.63, 3.8) is 0 Å². The standard InChI is InChI=1S/C21H23N5O/c27-21(24-13-16-6-4-10-22-12-16)19-15-26(18-8-2-1-3-9-18)25-20(19)17-7-5-11-23-14-17/h1-3,5,7-9,11,14-16,22H,4,6,10,12-13H2,(H,24,27). The largest absolute Gasteiger partial charge is 0.352 e. The van der Waals surface area contributed by atoms with Crippen LogP contribution in [0.3, 0.4) is 0 Å². The van der Waals surface area contributed by atoms with E-state index in [1.54, 1.807) is 23.3 Å². The molecule has 1 amide bonds. The summed E-state index contributed by atoms with van der Waals surface area (Å²) in [5.41, 5.74) is 2.96. The number of hydrogen-bond donors (Lipinski definition) is 2. The number of carbonyl (C=O) groups excluding carboxylic acids is 1. The number of rotatable bonds is 5. The van der Waals surface area contributed by atoms with Gasteiger partial charge in [-0.3, -0.25) is 9.78 Å². The van der Waals surface area contributed by atoms with Crippen LogP contribution in [0.5, 0.6) is 0 Å². The monoisotopic (exact) mass is 361 g/mol. The first-order valence-corrected chi connectivity index (χ1v) is 9.35. The third-order valence-corrected chi connectivity index (χ3v) is 4.86. The molecule has 0 aliphatic carbocycles. The first-order valence-electron chi connectivity index (χ1n) is 9.35. The summed E-state index contributed by atoms with van der Waals surface area (Å²) in [4.78, 5) is 17.1. The summed E-state index contributed by atoms with van der Waals surface area (Å²) in [5.74, 6) is 0.385. The molecular formula is C21H23N5O. The van der Waals surface area contributed by atoms with E-state index < -0.39 is 0 Å². The van der Waals surface area contributed by atoms with Gasteiger partial charge in [0, 0.05) is 30.7 Å². The highest BCUT2D eigenvalue weighted by Crippen LogP contribution is 2.23. The van der Waals surface area contributed by atoms with E-state index in [-0.39, 0.29) is 5.91 Å².